The van der Waals surface area contributed by atoms with Crippen LogP contribution in [-0.4, -0.2) is 34.1 Å². The molecule has 4 aromatic rings. The van der Waals surface area contributed by atoms with E-state index in [2.05, 4.69) is 19.9 Å². The molecule has 5 rings (SSSR count). The zero-order valence-electron chi connectivity index (χ0n) is 16.5. The monoisotopic (exact) mass is 405 g/mol. The Bertz CT molecular complexity index is 1230. The highest BCUT2D eigenvalue weighted by molar-refractivity contribution is 5.91. The third kappa shape index (κ3) is 3.21. The van der Waals surface area contributed by atoms with Gasteiger partial charge in [-0.3, -0.25) is 4.98 Å². The summed E-state index contributed by atoms with van der Waals surface area (Å²) in [6.45, 7) is 3.30. The summed E-state index contributed by atoms with van der Waals surface area (Å²) in [6, 6.07) is 9.80. The predicted molar refractivity (Wildman–Crippen MR) is 114 cm³/mol. The minimum atomic E-state index is -0.385. The van der Waals surface area contributed by atoms with Gasteiger partial charge in [-0.25, -0.2) is 13.8 Å². The first-order chi connectivity index (χ1) is 14.5. The smallest absolute Gasteiger partial charge is 0.151 e. The minimum Gasteiger partial charge on any atom is -0.369 e. The Morgan fingerprint density at radius 1 is 1.13 bits per heavy atom. The fourth-order valence-corrected chi connectivity index (χ4v) is 4.19. The van der Waals surface area contributed by atoms with E-state index in [-0.39, 0.29) is 23.2 Å². The molecule has 5 nitrogen and oxygen atoms in total. The normalized spacial score (nSPS) is 16.5. The van der Waals surface area contributed by atoms with E-state index in [9.17, 15) is 8.78 Å². The van der Waals surface area contributed by atoms with Crippen molar-refractivity contribution < 1.29 is 8.78 Å². The van der Waals surface area contributed by atoms with E-state index in [0.29, 0.717) is 17.9 Å². The van der Waals surface area contributed by atoms with E-state index in [1.807, 2.05) is 13.0 Å². The molecule has 0 bridgehead atoms. The first kappa shape index (κ1) is 18.7. The van der Waals surface area contributed by atoms with Crippen LogP contribution < -0.4 is 10.6 Å². The van der Waals surface area contributed by atoms with Crippen molar-refractivity contribution in [2.24, 2.45) is 5.73 Å². The van der Waals surface area contributed by atoms with Crippen LogP contribution in [0.1, 0.15) is 12.0 Å². The Hall–Kier alpha value is -3.32. The SMILES string of the molecule is Cc1cc(F)cc(-c2cncc(-c3nc4c(F)cccc4[nH]3)c2N2CCC(N)C2)c1. The van der Waals surface area contributed by atoms with Gasteiger partial charge in [-0.1, -0.05) is 12.1 Å². The Balaban J connectivity index is 1.75. The van der Waals surface area contributed by atoms with Crippen LogP contribution in [-0.2, 0) is 0 Å². The van der Waals surface area contributed by atoms with Crippen molar-refractivity contribution in [3.8, 4) is 22.5 Å². The van der Waals surface area contributed by atoms with Crippen LogP contribution in [0.3, 0.4) is 0 Å². The highest BCUT2D eigenvalue weighted by Crippen LogP contribution is 2.40. The van der Waals surface area contributed by atoms with Gasteiger partial charge < -0.3 is 15.6 Å². The molecule has 1 aliphatic heterocycles. The number of hydrogen-bond acceptors (Lipinski definition) is 4. The van der Waals surface area contributed by atoms with Crippen molar-refractivity contribution in [2.75, 3.05) is 18.0 Å². The molecule has 7 heteroatoms. The number of H-pyrrole nitrogens is 1. The topological polar surface area (TPSA) is 70.8 Å². The second kappa shape index (κ2) is 7.18. The zero-order valence-corrected chi connectivity index (χ0v) is 16.5. The fraction of sp³-hybridized carbons (Fsp3) is 0.217. The van der Waals surface area contributed by atoms with Gasteiger partial charge in [0.15, 0.2) is 5.82 Å². The second-order valence-electron chi connectivity index (χ2n) is 7.82. The summed E-state index contributed by atoms with van der Waals surface area (Å²) >= 11 is 0. The van der Waals surface area contributed by atoms with Gasteiger partial charge in [0.2, 0.25) is 0 Å². The summed E-state index contributed by atoms with van der Waals surface area (Å²) < 4.78 is 28.4. The van der Waals surface area contributed by atoms with Gasteiger partial charge in [-0.05, 0) is 48.7 Å². The highest BCUT2D eigenvalue weighted by Gasteiger charge is 2.26. The Labute approximate surface area is 172 Å². The number of para-hydroxylation sites is 1. The molecule has 2 aromatic heterocycles. The number of anilines is 1. The number of aryl methyl sites for hydroxylation is 1. The van der Waals surface area contributed by atoms with Gasteiger partial charge in [0, 0.05) is 37.1 Å². The average molecular weight is 405 g/mol. The van der Waals surface area contributed by atoms with Crippen molar-refractivity contribution in [3.05, 3.63) is 66.0 Å². The maximum absolute atomic E-state index is 14.2. The van der Waals surface area contributed by atoms with E-state index in [1.165, 1.54) is 18.2 Å². The molecule has 3 heterocycles. The van der Waals surface area contributed by atoms with Gasteiger partial charge in [0.25, 0.3) is 0 Å². The lowest BCUT2D eigenvalue weighted by atomic mass is 10.00. The molecule has 1 fully saturated rings. The van der Waals surface area contributed by atoms with E-state index < -0.39 is 0 Å². The molecule has 0 saturated carbocycles. The van der Waals surface area contributed by atoms with E-state index in [0.717, 1.165) is 40.9 Å². The molecule has 0 aliphatic carbocycles. The van der Waals surface area contributed by atoms with Crippen LogP contribution in [0.2, 0.25) is 0 Å². The summed E-state index contributed by atoms with van der Waals surface area (Å²) in [4.78, 5) is 14.3. The van der Waals surface area contributed by atoms with Gasteiger partial charge in [0.05, 0.1) is 16.8 Å². The molecule has 0 radical (unpaired) electrons. The first-order valence-electron chi connectivity index (χ1n) is 9.90. The number of nitrogens with one attached hydrogen (secondary N) is 1. The van der Waals surface area contributed by atoms with Crippen LogP contribution in [0.15, 0.2) is 48.8 Å². The zero-order chi connectivity index (χ0) is 20.8. The van der Waals surface area contributed by atoms with Crippen molar-refractivity contribution >= 4 is 16.7 Å². The summed E-state index contributed by atoms with van der Waals surface area (Å²) in [6.07, 6.45) is 4.31. The third-order valence-corrected chi connectivity index (χ3v) is 5.53. The van der Waals surface area contributed by atoms with Crippen LogP contribution in [0.5, 0.6) is 0 Å². The molecule has 1 atom stereocenters. The lowest BCUT2D eigenvalue weighted by molar-refractivity contribution is 0.627. The summed E-state index contributed by atoms with van der Waals surface area (Å²) in [5, 5.41) is 0. The number of imidazole rings is 1. The number of pyridine rings is 1. The van der Waals surface area contributed by atoms with E-state index in [4.69, 9.17) is 5.73 Å². The van der Waals surface area contributed by atoms with Gasteiger partial charge in [-0.2, -0.15) is 0 Å². The quantitative estimate of drug-likeness (QED) is 0.530. The minimum absolute atomic E-state index is 0.0567. The molecule has 0 amide bonds. The number of fused-ring (bicyclic) bond motifs is 1. The van der Waals surface area contributed by atoms with Crippen molar-refractivity contribution in [1.82, 2.24) is 15.0 Å². The molecule has 1 unspecified atom stereocenters. The Morgan fingerprint density at radius 3 is 2.70 bits per heavy atom. The number of rotatable bonds is 3. The van der Waals surface area contributed by atoms with Gasteiger partial charge >= 0.3 is 0 Å². The van der Waals surface area contributed by atoms with Crippen molar-refractivity contribution in [3.63, 3.8) is 0 Å². The van der Waals surface area contributed by atoms with Crippen LogP contribution in [0.4, 0.5) is 14.5 Å². The maximum Gasteiger partial charge on any atom is 0.151 e. The average Bonchev–Trinajstić information content (AvgIpc) is 3.34. The molecular formula is C23H21F2N5. The lowest BCUT2D eigenvalue weighted by Crippen LogP contribution is -2.27. The molecule has 3 N–H and O–H groups in total. The number of nitrogens with two attached hydrogens (primary N) is 1. The molecule has 30 heavy (non-hydrogen) atoms. The van der Waals surface area contributed by atoms with Gasteiger partial charge in [-0.15, -0.1) is 0 Å². The van der Waals surface area contributed by atoms with E-state index >= 15 is 0 Å². The Morgan fingerprint density at radius 2 is 1.97 bits per heavy atom. The summed E-state index contributed by atoms with van der Waals surface area (Å²) in [7, 11) is 0. The Kier molecular flexibility index (Phi) is 4.47. The highest BCUT2D eigenvalue weighted by atomic mass is 19.1. The maximum atomic E-state index is 14.2. The summed E-state index contributed by atoms with van der Waals surface area (Å²) in [5.74, 6) is -0.164. The van der Waals surface area contributed by atoms with Crippen LogP contribution >= 0.6 is 0 Å². The number of halogens is 2. The molecule has 2 aromatic carbocycles. The summed E-state index contributed by atoms with van der Waals surface area (Å²) in [5.41, 5.74) is 11.0. The number of hydrogen-bond donors (Lipinski definition) is 2. The first-order valence-corrected chi connectivity index (χ1v) is 9.90. The molecule has 1 aliphatic rings. The van der Waals surface area contributed by atoms with E-state index in [1.54, 1.807) is 24.5 Å². The largest absolute Gasteiger partial charge is 0.369 e. The standard InChI is InChI=1S/C23H21F2N5/c1-13-7-14(9-15(24)8-13)17-10-27-11-18(22(17)30-6-5-16(26)12-30)23-28-20-4-2-3-19(25)21(20)29-23/h2-4,7-11,16H,5-6,12,26H2,1H3,(H,28,29). The number of benzene rings is 2. The van der Waals surface area contributed by atoms with Crippen molar-refractivity contribution in [2.45, 2.75) is 19.4 Å². The third-order valence-electron chi connectivity index (χ3n) is 5.53. The fourth-order valence-electron chi connectivity index (χ4n) is 4.19. The molecular weight excluding hydrogens is 384 g/mol. The molecule has 1 saturated heterocycles. The van der Waals surface area contributed by atoms with Gasteiger partial charge in [0.1, 0.15) is 17.2 Å². The predicted octanol–water partition coefficient (Wildman–Crippen LogP) is 4.42. The lowest BCUT2D eigenvalue weighted by Gasteiger charge is -2.24. The van der Waals surface area contributed by atoms with Crippen LogP contribution in [0.25, 0.3) is 33.5 Å². The molecule has 152 valence electrons. The van der Waals surface area contributed by atoms with Crippen molar-refractivity contribution in [1.29, 1.82) is 0 Å². The number of aromatic amines is 1. The molecule has 0 spiro atoms. The number of nitrogens with zero attached hydrogens (tertiary/aromatic N) is 3. The number of aromatic nitrogens is 3. The second-order valence-corrected chi connectivity index (χ2v) is 7.82. The van der Waals surface area contributed by atoms with Crippen LogP contribution in [0, 0.1) is 18.6 Å².